The van der Waals surface area contributed by atoms with Crippen LogP contribution >= 0.6 is 11.3 Å². The van der Waals surface area contributed by atoms with Crippen LogP contribution in [0.1, 0.15) is 24.1 Å². The molecule has 2 aromatic rings. The van der Waals surface area contributed by atoms with Gasteiger partial charge in [0.25, 0.3) is 0 Å². The molecule has 0 unspecified atom stereocenters. The zero-order valence-corrected chi connectivity index (χ0v) is 8.73. The highest BCUT2D eigenvalue weighted by atomic mass is 32.1. The Hall–Kier alpha value is -1.09. The maximum absolute atomic E-state index is 4.42. The smallest absolute Gasteiger partial charge is 0.0963 e. The largest absolute Gasteiger partial charge is 0.282 e. The molecule has 0 saturated carbocycles. The van der Waals surface area contributed by atoms with Gasteiger partial charge in [-0.25, -0.2) is 0 Å². The van der Waals surface area contributed by atoms with Crippen LogP contribution in [0.2, 0.25) is 0 Å². The second-order valence-electron chi connectivity index (χ2n) is 3.75. The molecule has 3 heteroatoms. The summed E-state index contributed by atoms with van der Waals surface area (Å²) in [6, 6.07) is 2.15. The maximum Gasteiger partial charge on any atom is 0.0963 e. The van der Waals surface area contributed by atoms with Crippen LogP contribution in [0.5, 0.6) is 0 Å². The Bertz CT molecular complexity index is 428. The molecular formula is C11H12N2S. The Balaban J connectivity index is 2.11. The number of H-pyrrole nitrogens is 1. The van der Waals surface area contributed by atoms with E-state index in [-0.39, 0.29) is 0 Å². The Morgan fingerprint density at radius 2 is 2.21 bits per heavy atom. The van der Waals surface area contributed by atoms with Gasteiger partial charge >= 0.3 is 0 Å². The molecule has 0 amide bonds. The zero-order chi connectivity index (χ0) is 9.38. The van der Waals surface area contributed by atoms with Crippen LogP contribution in [0, 0.1) is 0 Å². The first-order chi connectivity index (χ1) is 6.95. The van der Waals surface area contributed by atoms with Crippen molar-refractivity contribution in [3.63, 3.8) is 0 Å². The summed E-state index contributed by atoms with van der Waals surface area (Å²) in [4.78, 5) is 0. The van der Waals surface area contributed by atoms with Gasteiger partial charge in [0.1, 0.15) is 0 Å². The van der Waals surface area contributed by atoms with Crippen LogP contribution in [0.25, 0.3) is 11.3 Å². The normalized spacial score (nSPS) is 15.4. The monoisotopic (exact) mass is 204 g/mol. The molecule has 0 radical (unpaired) electrons. The molecule has 2 heterocycles. The van der Waals surface area contributed by atoms with Gasteiger partial charge in [0.05, 0.1) is 5.69 Å². The van der Waals surface area contributed by atoms with Crippen molar-refractivity contribution < 1.29 is 0 Å². The number of aromatic nitrogens is 2. The predicted octanol–water partition coefficient (Wildman–Crippen LogP) is 3.02. The maximum atomic E-state index is 4.42. The number of fused-ring (bicyclic) bond motifs is 1. The summed E-state index contributed by atoms with van der Waals surface area (Å²) in [5.41, 5.74) is 5.27. The van der Waals surface area contributed by atoms with Crippen molar-refractivity contribution in [2.75, 3.05) is 0 Å². The number of nitrogens with zero attached hydrogens (tertiary/aromatic N) is 1. The van der Waals surface area contributed by atoms with E-state index in [0.29, 0.717) is 0 Å². The minimum Gasteiger partial charge on any atom is -0.282 e. The average molecular weight is 204 g/mol. The fourth-order valence-corrected chi connectivity index (χ4v) is 2.76. The quantitative estimate of drug-likeness (QED) is 0.760. The zero-order valence-electron chi connectivity index (χ0n) is 7.92. The van der Waals surface area contributed by atoms with Gasteiger partial charge in [-0.15, -0.1) is 0 Å². The standard InChI is InChI=1S/C11H12N2S/c1-2-4-10-9(3-1)11(13-12-10)8-5-6-14-7-8/h5-7H,1-4H2,(H,12,13). The van der Waals surface area contributed by atoms with E-state index >= 15 is 0 Å². The minimum absolute atomic E-state index is 1.17. The Morgan fingerprint density at radius 3 is 3.07 bits per heavy atom. The average Bonchev–Trinajstić information content (AvgIpc) is 2.85. The third-order valence-corrected chi connectivity index (χ3v) is 3.53. The Kier molecular flexibility index (Phi) is 1.91. The van der Waals surface area contributed by atoms with Gasteiger partial charge in [0, 0.05) is 22.2 Å². The van der Waals surface area contributed by atoms with E-state index in [4.69, 9.17) is 0 Å². The van der Waals surface area contributed by atoms with Gasteiger partial charge in [-0.1, -0.05) is 0 Å². The lowest BCUT2D eigenvalue weighted by Crippen LogP contribution is -2.00. The summed E-state index contributed by atoms with van der Waals surface area (Å²) in [5.74, 6) is 0. The summed E-state index contributed by atoms with van der Waals surface area (Å²) < 4.78 is 0. The number of aryl methyl sites for hydroxylation is 1. The second kappa shape index (κ2) is 3.24. The van der Waals surface area contributed by atoms with Gasteiger partial charge in [0.2, 0.25) is 0 Å². The highest BCUT2D eigenvalue weighted by molar-refractivity contribution is 7.08. The Morgan fingerprint density at radius 1 is 1.29 bits per heavy atom. The van der Waals surface area contributed by atoms with Crippen molar-refractivity contribution >= 4 is 11.3 Å². The number of nitrogens with one attached hydrogen (secondary N) is 1. The van der Waals surface area contributed by atoms with Crippen LogP contribution in [0.4, 0.5) is 0 Å². The van der Waals surface area contributed by atoms with Crippen molar-refractivity contribution in [1.29, 1.82) is 0 Å². The molecular weight excluding hydrogens is 192 g/mol. The van der Waals surface area contributed by atoms with Crippen molar-refractivity contribution in [2.45, 2.75) is 25.7 Å². The molecule has 0 bridgehead atoms. The SMILES string of the molecule is c1cc(-c2n[nH]c3c2CCCC3)cs1. The van der Waals surface area contributed by atoms with E-state index in [1.165, 1.54) is 48.2 Å². The van der Waals surface area contributed by atoms with Gasteiger partial charge < -0.3 is 0 Å². The first kappa shape index (κ1) is 8.24. The Labute approximate surface area is 87.0 Å². The third-order valence-electron chi connectivity index (χ3n) is 2.85. The van der Waals surface area contributed by atoms with Gasteiger partial charge in [-0.05, 0) is 37.1 Å². The van der Waals surface area contributed by atoms with Crippen LogP contribution < -0.4 is 0 Å². The van der Waals surface area contributed by atoms with E-state index in [1.54, 1.807) is 11.3 Å². The molecule has 72 valence electrons. The number of thiophene rings is 1. The van der Waals surface area contributed by atoms with Crippen LogP contribution in [0.3, 0.4) is 0 Å². The summed E-state index contributed by atoms with van der Waals surface area (Å²) >= 11 is 1.73. The molecule has 1 aliphatic rings. The number of rotatable bonds is 1. The summed E-state index contributed by atoms with van der Waals surface area (Å²) in [7, 11) is 0. The lowest BCUT2D eigenvalue weighted by molar-refractivity contribution is 0.675. The number of hydrogen-bond donors (Lipinski definition) is 1. The fourth-order valence-electron chi connectivity index (χ4n) is 2.12. The summed E-state index contributed by atoms with van der Waals surface area (Å²) in [6.45, 7) is 0. The first-order valence-corrected chi connectivity index (χ1v) is 5.98. The molecule has 0 fully saturated rings. The molecule has 2 nitrogen and oxygen atoms in total. The lowest BCUT2D eigenvalue weighted by Gasteiger charge is -2.10. The molecule has 0 aliphatic heterocycles. The van der Waals surface area contributed by atoms with E-state index < -0.39 is 0 Å². The molecule has 14 heavy (non-hydrogen) atoms. The highest BCUT2D eigenvalue weighted by Crippen LogP contribution is 2.30. The van der Waals surface area contributed by atoms with E-state index in [0.717, 1.165) is 0 Å². The number of hydrogen-bond acceptors (Lipinski definition) is 2. The van der Waals surface area contributed by atoms with Crippen LogP contribution in [-0.4, -0.2) is 10.2 Å². The van der Waals surface area contributed by atoms with Gasteiger partial charge in [0.15, 0.2) is 0 Å². The molecule has 0 spiro atoms. The van der Waals surface area contributed by atoms with Gasteiger partial charge in [-0.3, -0.25) is 5.10 Å². The summed E-state index contributed by atoms with van der Waals surface area (Å²) in [5, 5.41) is 11.9. The molecule has 0 atom stereocenters. The third kappa shape index (κ3) is 1.20. The topological polar surface area (TPSA) is 28.7 Å². The van der Waals surface area contributed by atoms with Crippen molar-refractivity contribution in [1.82, 2.24) is 10.2 Å². The second-order valence-corrected chi connectivity index (χ2v) is 4.53. The van der Waals surface area contributed by atoms with Gasteiger partial charge in [-0.2, -0.15) is 16.4 Å². The van der Waals surface area contributed by atoms with Crippen LogP contribution in [-0.2, 0) is 12.8 Å². The molecule has 0 aromatic carbocycles. The predicted molar refractivity (Wildman–Crippen MR) is 58.5 cm³/mol. The highest BCUT2D eigenvalue weighted by Gasteiger charge is 2.17. The van der Waals surface area contributed by atoms with Crippen molar-refractivity contribution in [3.05, 3.63) is 28.1 Å². The number of aromatic amines is 1. The van der Waals surface area contributed by atoms with Crippen molar-refractivity contribution in [2.24, 2.45) is 0 Å². The van der Waals surface area contributed by atoms with Crippen LogP contribution in [0.15, 0.2) is 16.8 Å². The summed E-state index contributed by atoms with van der Waals surface area (Å²) in [6.07, 6.45) is 4.98. The molecule has 0 saturated heterocycles. The molecule has 1 aliphatic carbocycles. The molecule has 3 rings (SSSR count). The van der Waals surface area contributed by atoms with Crippen molar-refractivity contribution in [3.8, 4) is 11.3 Å². The molecule has 1 N–H and O–H groups in total. The van der Waals surface area contributed by atoms with E-state index in [1.807, 2.05) is 0 Å². The fraction of sp³-hybridized carbons (Fsp3) is 0.364. The first-order valence-electron chi connectivity index (χ1n) is 5.04. The minimum atomic E-state index is 1.17. The van der Waals surface area contributed by atoms with E-state index in [9.17, 15) is 0 Å². The lowest BCUT2D eigenvalue weighted by atomic mass is 9.94. The van der Waals surface area contributed by atoms with E-state index in [2.05, 4.69) is 27.0 Å². The molecule has 2 aromatic heterocycles.